The van der Waals surface area contributed by atoms with Gasteiger partial charge in [-0.25, -0.2) is 0 Å². The van der Waals surface area contributed by atoms with Crippen LogP contribution in [0.15, 0.2) is 18.2 Å². The molecule has 0 saturated carbocycles. The third-order valence-corrected chi connectivity index (χ3v) is 5.84. The van der Waals surface area contributed by atoms with Crippen LogP contribution in [0, 0.1) is 0 Å². The highest BCUT2D eigenvalue weighted by atomic mass is 35.5. The number of nitrogens with two attached hydrogens (primary N) is 1. The Bertz CT molecular complexity index is 939. The fourth-order valence-electron chi connectivity index (χ4n) is 3.89. The Balaban J connectivity index is 1.61. The lowest BCUT2D eigenvalue weighted by Gasteiger charge is -2.29. The second-order valence-corrected chi connectivity index (χ2v) is 8.89. The number of hydrogen-bond donors (Lipinski definition) is 3. The highest BCUT2D eigenvalue weighted by Gasteiger charge is 2.41. The molecule has 3 rings (SSSR count). The predicted molar refractivity (Wildman–Crippen MR) is 120 cm³/mol. The maximum atomic E-state index is 13.0. The number of amides is 3. The van der Waals surface area contributed by atoms with E-state index in [1.807, 2.05) is 0 Å². The molecule has 10 nitrogen and oxygen atoms in total. The number of nitrogens with one attached hydrogen (secondary N) is 2. The van der Waals surface area contributed by atoms with E-state index in [-0.39, 0.29) is 34.9 Å². The Labute approximate surface area is 197 Å². The molecule has 180 valence electrons. The molecule has 0 aliphatic carbocycles. The zero-order valence-corrected chi connectivity index (χ0v) is 19.6. The highest BCUT2D eigenvalue weighted by Crippen LogP contribution is 2.23. The second-order valence-electron chi connectivity index (χ2n) is 8.48. The minimum absolute atomic E-state index is 0.000400. The quantitative estimate of drug-likeness (QED) is 0.393. The molecule has 0 radical (unpaired) electrons. The van der Waals surface area contributed by atoms with E-state index in [2.05, 4.69) is 10.6 Å². The fraction of sp³-hybridized carbons (Fsp3) is 0.545. The minimum atomic E-state index is -0.865. The first-order chi connectivity index (χ1) is 15.6. The van der Waals surface area contributed by atoms with Gasteiger partial charge in [-0.3, -0.25) is 19.2 Å². The Hall–Kier alpha value is -2.85. The van der Waals surface area contributed by atoms with Crippen molar-refractivity contribution in [3.63, 3.8) is 0 Å². The van der Waals surface area contributed by atoms with Crippen molar-refractivity contribution in [2.45, 2.75) is 70.6 Å². The van der Waals surface area contributed by atoms with E-state index in [1.165, 1.54) is 23.1 Å². The molecule has 1 aromatic carbocycles. The number of benzene rings is 1. The van der Waals surface area contributed by atoms with Gasteiger partial charge in [0.15, 0.2) is 0 Å². The van der Waals surface area contributed by atoms with Crippen LogP contribution < -0.4 is 16.4 Å². The number of nitrogen functional groups attached to an aromatic ring is 1. The summed E-state index contributed by atoms with van der Waals surface area (Å²) >= 11 is 5.97. The molecule has 2 heterocycles. The van der Waals surface area contributed by atoms with Crippen molar-refractivity contribution in [1.82, 2.24) is 15.5 Å². The summed E-state index contributed by atoms with van der Waals surface area (Å²) in [5, 5.41) is 5.67. The lowest BCUT2D eigenvalue weighted by molar-refractivity contribution is -0.173. The van der Waals surface area contributed by atoms with Gasteiger partial charge in [0.25, 0.3) is 5.91 Å². The van der Waals surface area contributed by atoms with Crippen molar-refractivity contribution < 1.29 is 28.7 Å². The maximum absolute atomic E-state index is 13.0. The van der Waals surface area contributed by atoms with Crippen molar-refractivity contribution in [1.29, 1.82) is 0 Å². The van der Waals surface area contributed by atoms with Crippen LogP contribution in [0.25, 0.3) is 0 Å². The third-order valence-electron chi connectivity index (χ3n) is 5.52. The topological polar surface area (TPSA) is 140 Å². The first kappa shape index (κ1) is 24.8. The van der Waals surface area contributed by atoms with Gasteiger partial charge < -0.3 is 30.7 Å². The monoisotopic (exact) mass is 480 g/mol. The lowest BCUT2D eigenvalue weighted by Crippen LogP contribution is -2.54. The summed E-state index contributed by atoms with van der Waals surface area (Å²) in [7, 11) is 0. The summed E-state index contributed by atoms with van der Waals surface area (Å²) in [6.45, 7) is 5.55. The molecular weight excluding hydrogens is 452 g/mol. The molecule has 2 fully saturated rings. The smallest absolute Gasteiger partial charge is 0.310 e. The molecule has 2 unspecified atom stereocenters. The van der Waals surface area contributed by atoms with Gasteiger partial charge in [-0.1, -0.05) is 11.6 Å². The van der Waals surface area contributed by atoms with Crippen molar-refractivity contribution in [2.75, 3.05) is 12.3 Å². The number of ether oxygens (including phenoxy) is 2. The molecule has 0 spiro atoms. The second kappa shape index (κ2) is 10.4. The molecule has 2 aliphatic rings. The molecular formula is C22H29ClN4O6. The largest absolute Gasteiger partial charge is 0.433 e. The van der Waals surface area contributed by atoms with E-state index >= 15 is 0 Å². The molecule has 1 aromatic rings. The summed E-state index contributed by atoms with van der Waals surface area (Å²) in [6.07, 6.45) is 0.0651. The number of hydrogen-bond acceptors (Lipinski definition) is 7. The van der Waals surface area contributed by atoms with E-state index in [1.54, 1.807) is 20.8 Å². The molecule has 33 heavy (non-hydrogen) atoms. The average Bonchev–Trinajstić information content (AvgIpc) is 3.35. The molecule has 0 aromatic heterocycles. The number of likely N-dealkylation sites (tertiary alicyclic amines) is 1. The summed E-state index contributed by atoms with van der Waals surface area (Å²) in [5.74, 6) is -1.70. The van der Waals surface area contributed by atoms with E-state index < -0.39 is 36.3 Å². The van der Waals surface area contributed by atoms with Crippen LogP contribution in [0.4, 0.5) is 5.69 Å². The van der Waals surface area contributed by atoms with Gasteiger partial charge in [0.2, 0.25) is 18.1 Å². The molecule has 3 amide bonds. The van der Waals surface area contributed by atoms with Crippen LogP contribution >= 0.6 is 11.6 Å². The van der Waals surface area contributed by atoms with Gasteiger partial charge in [0.1, 0.15) is 18.1 Å². The number of anilines is 1. The van der Waals surface area contributed by atoms with E-state index in [0.717, 1.165) is 0 Å². The van der Waals surface area contributed by atoms with Crippen LogP contribution in [-0.4, -0.2) is 65.7 Å². The molecule has 2 saturated heterocycles. The SMILES string of the molecule is CC(C)OC1OC(=O)CC1NC(=O)[C@@H]1CCCN1C(=O)[C@H](C)NC(=O)c1ccc(N)c(Cl)c1. The molecule has 4 N–H and O–H groups in total. The number of rotatable bonds is 7. The third kappa shape index (κ3) is 5.94. The summed E-state index contributed by atoms with van der Waals surface area (Å²) in [4.78, 5) is 51.6. The van der Waals surface area contributed by atoms with Gasteiger partial charge in [-0.05, 0) is 51.8 Å². The van der Waals surface area contributed by atoms with Gasteiger partial charge in [0, 0.05) is 12.1 Å². The van der Waals surface area contributed by atoms with Crippen LogP contribution in [0.5, 0.6) is 0 Å². The van der Waals surface area contributed by atoms with Crippen molar-refractivity contribution in [3.05, 3.63) is 28.8 Å². The van der Waals surface area contributed by atoms with Crippen molar-refractivity contribution in [2.24, 2.45) is 0 Å². The first-order valence-corrected chi connectivity index (χ1v) is 11.3. The van der Waals surface area contributed by atoms with Gasteiger partial charge in [-0.2, -0.15) is 0 Å². The summed E-state index contributed by atoms with van der Waals surface area (Å²) < 4.78 is 10.7. The number of halogens is 1. The zero-order chi connectivity index (χ0) is 24.3. The van der Waals surface area contributed by atoms with E-state index in [9.17, 15) is 19.2 Å². The standard InChI is InChI=1S/C22H29ClN4O6/c1-11(2)32-22-16(10-18(28)33-22)26-20(30)17-5-4-8-27(17)21(31)12(3)25-19(29)13-6-7-15(24)14(23)9-13/h6-7,9,11-12,16-17,22H,4-5,8,10,24H2,1-3H3,(H,25,29)(H,26,30)/t12-,16?,17-,22?/m0/s1. The highest BCUT2D eigenvalue weighted by molar-refractivity contribution is 6.33. The molecule has 0 bridgehead atoms. The van der Waals surface area contributed by atoms with Crippen LogP contribution in [-0.2, 0) is 23.9 Å². The van der Waals surface area contributed by atoms with E-state index in [0.29, 0.717) is 25.1 Å². The first-order valence-electron chi connectivity index (χ1n) is 10.9. The number of nitrogens with zero attached hydrogens (tertiary/aromatic N) is 1. The Kier molecular flexibility index (Phi) is 7.80. The molecule has 4 atom stereocenters. The Morgan fingerprint density at radius 3 is 2.67 bits per heavy atom. The van der Waals surface area contributed by atoms with Gasteiger partial charge >= 0.3 is 5.97 Å². The minimum Gasteiger partial charge on any atom is -0.433 e. The maximum Gasteiger partial charge on any atom is 0.310 e. The summed E-state index contributed by atoms with van der Waals surface area (Å²) in [5.41, 5.74) is 6.28. The van der Waals surface area contributed by atoms with Crippen molar-refractivity contribution >= 4 is 41.0 Å². The van der Waals surface area contributed by atoms with Gasteiger partial charge in [-0.15, -0.1) is 0 Å². The van der Waals surface area contributed by atoms with Crippen molar-refractivity contribution in [3.8, 4) is 0 Å². The Morgan fingerprint density at radius 1 is 1.27 bits per heavy atom. The molecule has 2 aliphatic heterocycles. The zero-order valence-electron chi connectivity index (χ0n) is 18.8. The predicted octanol–water partition coefficient (Wildman–Crippen LogP) is 1.21. The van der Waals surface area contributed by atoms with Crippen LogP contribution in [0.1, 0.15) is 50.4 Å². The summed E-state index contributed by atoms with van der Waals surface area (Å²) in [6, 6.07) is 2.25. The number of carbonyl (C=O) groups excluding carboxylic acids is 4. The number of cyclic esters (lactones) is 1. The number of esters is 1. The normalized spacial score (nSPS) is 23.4. The Morgan fingerprint density at radius 2 is 2.00 bits per heavy atom. The number of carbonyl (C=O) groups is 4. The van der Waals surface area contributed by atoms with Gasteiger partial charge in [0.05, 0.1) is 23.2 Å². The van der Waals surface area contributed by atoms with Crippen LogP contribution in [0.3, 0.4) is 0 Å². The van der Waals surface area contributed by atoms with E-state index in [4.69, 9.17) is 26.8 Å². The van der Waals surface area contributed by atoms with Crippen LogP contribution in [0.2, 0.25) is 5.02 Å². The molecule has 11 heteroatoms. The average molecular weight is 481 g/mol. The fourth-order valence-corrected chi connectivity index (χ4v) is 4.07. The lowest BCUT2D eigenvalue weighted by atomic mass is 10.1.